The van der Waals surface area contributed by atoms with Gasteiger partial charge in [0.25, 0.3) is 0 Å². The molecule has 0 aliphatic carbocycles. The summed E-state index contributed by atoms with van der Waals surface area (Å²) in [6, 6.07) is 0. The van der Waals surface area contributed by atoms with E-state index >= 15 is 0 Å². The number of aliphatic hydroxyl groups is 1. The number of nitrogens with one attached hydrogen (secondary N) is 1. The fourth-order valence-corrected chi connectivity index (χ4v) is 1.50. The molecule has 1 rings (SSSR count). The fourth-order valence-electron chi connectivity index (χ4n) is 1.50. The Morgan fingerprint density at radius 2 is 2.40 bits per heavy atom. The average Bonchev–Trinajstić information content (AvgIpc) is 2.36. The largest absolute Gasteiger partial charge is 0.388 e. The molecule has 60 valence electrons. The molecule has 0 amide bonds. The van der Waals surface area contributed by atoms with Crippen LogP contribution in [0.25, 0.3) is 0 Å². The smallest absolute Gasteiger partial charge is 0.0808 e. The zero-order valence-corrected chi connectivity index (χ0v) is 6.85. The first-order valence-electron chi connectivity index (χ1n) is 4.12. The molecule has 10 heavy (non-hydrogen) atoms. The SMILES string of the molecule is CCC(C)C1(O)CCNC1. The second kappa shape index (κ2) is 2.89. The Labute approximate surface area is 62.6 Å². The Balaban J connectivity index is 2.49. The van der Waals surface area contributed by atoms with Crippen molar-refractivity contribution >= 4 is 0 Å². The van der Waals surface area contributed by atoms with Crippen LogP contribution in [0, 0.1) is 5.92 Å². The highest BCUT2D eigenvalue weighted by atomic mass is 16.3. The first kappa shape index (κ1) is 8.02. The quantitative estimate of drug-likeness (QED) is 0.598. The standard InChI is InChI=1S/C8H17NO/c1-3-7(2)8(10)4-5-9-6-8/h7,9-10H,3-6H2,1-2H3. The van der Waals surface area contributed by atoms with E-state index in [0.29, 0.717) is 5.92 Å². The van der Waals surface area contributed by atoms with Gasteiger partial charge in [-0.25, -0.2) is 0 Å². The van der Waals surface area contributed by atoms with E-state index in [2.05, 4.69) is 19.2 Å². The van der Waals surface area contributed by atoms with Crippen LogP contribution < -0.4 is 5.32 Å². The summed E-state index contributed by atoms with van der Waals surface area (Å²) >= 11 is 0. The molecule has 1 heterocycles. The average molecular weight is 143 g/mol. The van der Waals surface area contributed by atoms with Gasteiger partial charge < -0.3 is 10.4 Å². The minimum atomic E-state index is -0.408. The molecule has 1 saturated heterocycles. The van der Waals surface area contributed by atoms with Crippen molar-refractivity contribution in [3.05, 3.63) is 0 Å². The van der Waals surface area contributed by atoms with E-state index in [9.17, 15) is 5.11 Å². The van der Waals surface area contributed by atoms with Gasteiger partial charge in [-0.15, -0.1) is 0 Å². The Morgan fingerprint density at radius 1 is 1.70 bits per heavy atom. The topological polar surface area (TPSA) is 32.3 Å². The summed E-state index contributed by atoms with van der Waals surface area (Å²) in [6.07, 6.45) is 1.99. The molecule has 2 heteroatoms. The minimum absolute atomic E-state index is 0.408. The van der Waals surface area contributed by atoms with Gasteiger partial charge in [-0.3, -0.25) is 0 Å². The zero-order chi connectivity index (χ0) is 7.61. The van der Waals surface area contributed by atoms with Crippen molar-refractivity contribution in [3.8, 4) is 0 Å². The van der Waals surface area contributed by atoms with Gasteiger partial charge in [0.05, 0.1) is 5.60 Å². The van der Waals surface area contributed by atoms with Crippen molar-refractivity contribution in [2.75, 3.05) is 13.1 Å². The Kier molecular flexibility index (Phi) is 2.32. The van der Waals surface area contributed by atoms with Crippen molar-refractivity contribution in [2.45, 2.75) is 32.3 Å². The van der Waals surface area contributed by atoms with E-state index in [1.54, 1.807) is 0 Å². The highest BCUT2D eigenvalue weighted by molar-refractivity contribution is 4.91. The number of β-amino-alcohol motifs (C(OH)–C–C–N with tert-alkyl or cyclic N) is 1. The summed E-state index contributed by atoms with van der Waals surface area (Å²) in [5.74, 6) is 0.433. The molecule has 0 bridgehead atoms. The molecule has 2 N–H and O–H groups in total. The van der Waals surface area contributed by atoms with Crippen LogP contribution in [0.4, 0.5) is 0 Å². The summed E-state index contributed by atoms with van der Waals surface area (Å²) in [4.78, 5) is 0. The van der Waals surface area contributed by atoms with Crippen molar-refractivity contribution < 1.29 is 5.11 Å². The van der Waals surface area contributed by atoms with Gasteiger partial charge in [-0.05, 0) is 18.9 Å². The Bertz CT molecular complexity index is 108. The molecule has 0 aromatic heterocycles. The fraction of sp³-hybridized carbons (Fsp3) is 1.00. The molecule has 2 nitrogen and oxygen atoms in total. The highest BCUT2D eigenvalue weighted by Crippen LogP contribution is 2.26. The molecule has 2 unspecified atom stereocenters. The third-order valence-corrected chi connectivity index (χ3v) is 2.70. The monoisotopic (exact) mass is 143 g/mol. The molecule has 0 spiro atoms. The maximum Gasteiger partial charge on any atom is 0.0808 e. The highest BCUT2D eigenvalue weighted by Gasteiger charge is 2.35. The van der Waals surface area contributed by atoms with Crippen LogP contribution in [0.5, 0.6) is 0 Å². The summed E-state index contributed by atoms with van der Waals surface area (Å²) in [5.41, 5.74) is -0.408. The molecule has 1 fully saturated rings. The second-order valence-electron chi connectivity index (χ2n) is 3.34. The molecular formula is C8H17NO. The maximum absolute atomic E-state index is 9.90. The molecule has 2 atom stereocenters. The van der Waals surface area contributed by atoms with E-state index in [-0.39, 0.29) is 0 Å². The third-order valence-electron chi connectivity index (χ3n) is 2.70. The van der Waals surface area contributed by atoms with Crippen LogP contribution in [-0.2, 0) is 0 Å². The van der Waals surface area contributed by atoms with E-state index in [1.165, 1.54) is 0 Å². The summed E-state index contributed by atoms with van der Waals surface area (Å²) < 4.78 is 0. The van der Waals surface area contributed by atoms with Gasteiger partial charge in [0.2, 0.25) is 0 Å². The maximum atomic E-state index is 9.90. The van der Waals surface area contributed by atoms with Crippen LogP contribution in [0.15, 0.2) is 0 Å². The van der Waals surface area contributed by atoms with Crippen molar-refractivity contribution in [1.29, 1.82) is 0 Å². The Morgan fingerprint density at radius 3 is 2.80 bits per heavy atom. The van der Waals surface area contributed by atoms with Gasteiger partial charge in [-0.1, -0.05) is 20.3 Å². The van der Waals surface area contributed by atoms with Gasteiger partial charge in [0.1, 0.15) is 0 Å². The third kappa shape index (κ3) is 1.32. The molecular weight excluding hydrogens is 126 g/mol. The first-order valence-corrected chi connectivity index (χ1v) is 4.12. The second-order valence-corrected chi connectivity index (χ2v) is 3.34. The van der Waals surface area contributed by atoms with Crippen molar-refractivity contribution in [3.63, 3.8) is 0 Å². The van der Waals surface area contributed by atoms with Crippen LogP contribution in [0.3, 0.4) is 0 Å². The predicted octanol–water partition coefficient (Wildman–Crippen LogP) is 0.757. The van der Waals surface area contributed by atoms with Gasteiger partial charge in [0, 0.05) is 6.54 Å². The predicted molar refractivity (Wildman–Crippen MR) is 41.9 cm³/mol. The lowest BCUT2D eigenvalue weighted by Gasteiger charge is -2.27. The van der Waals surface area contributed by atoms with E-state index < -0.39 is 5.60 Å². The lowest BCUT2D eigenvalue weighted by Crippen LogP contribution is -2.38. The first-order chi connectivity index (χ1) is 4.69. The lowest BCUT2D eigenvalue weighted by atomic mass is 9.86. The molecule has 0 aromatic carbocycles. The minimum Gasteiger partial charge on any atom is -0.388 e. The van der Waals surface area contributed by atoms with Crippen molar-refractivity contribution in [2.24, 2.45) is 5.92 Å². The Hall–Kier alpha value is -0.0800. The summed E-state index contributed by atoms with van der Waals surface area (Å²) in [5, 5.41) is 13.1. The number of hydrogen-bond acceptors (Lipinski definition) is 2. The van der Waals surface area contributed by atoms with Crippen molar-refractivity contribution in [1.82, 2.24) is 5.32 Å². The van der Waals surface area contributed by atoms with Gasteiger partial charge in [-0.2, -0.15) is 0 Å². The molecule has 0 saturated carbocycles. The normalized spacial score (nSPS) is 36.3. The molecule has 1 aliphatic heterocycles. The van der Waals surface area contributed by atoms with Crippen LogP contribution in [-0.4, -0.2) is 23.8 Å². The zero-order valence-electron chi connectivity index (χ0n) is 6.85. The van der Waals surface area contributed by atoms with E-state index in [0.717, 1.165) is 25.9 Å². The van der Waals surface area contributed by atoms with Gasteiger partial charge >= 0.3 is 0 Å². The number of hydrogen-bond donors (Lipinski definition) is 2. The van der Waals surface area contributed by atoms with Gasteiger partial charge in [0.15, 0.2) is 0 Å². The van der Waals surface area contributed by atoms with Crippen LogP contribution in [0.1, 0.15) is 26.7 Å². The molecule has 0 radical (unpaired) electrons. The summed E-state index contributed by atoms with van der Waals surface area (Å²) in [6.45, 7) is 6.00. The van der Waals surface area contributed by atoms with E-state index in [1.807, 2.05) is 0 Å². The lowest BCUT2D eigenvalue weighted by molar-refractivity contribution is 0.00624. The van der Waals surface area contributed by atoms with E-state index in [4.69, 9.17) is 0 Å². The summed E-state index contributed by atoms with van der Waals surface area (Å²) in [7, 11) is 0. The molecule has 1 aliphatic rings. The van der Waals surface area contributed by atoms with Crippen LogP contribution >= 0.6 is 0 Å². The molecule has 0 aromatic rings. The number of rotatable bonds is 2. The van der Waals surface area contributed by atoms with Crippen LogP contribution in [0.2, 0.25) is 0 Å².